The second kappa shape index (κ2) is 5.81. The molecule has 0 bridgehead atoms. The van der Waals surface area contributed by atoms with E-state index in [1.54, 1.807) is 7.05 Å². The number of aryl methyl sites for hydroxylation is 1. The molecule has 0 aromatic carbocycles. The van der Waals surface area contributed by atoms with Crippen LogP contribution in [0, 0.1) is 11.8 Å². The lowest BCUT2D eigenvalue weighted by Crippen LogP contribution is -2.43. The first-order valence-electron chi connectivity index (χ1n) is 7.32. The van der Waals surface area contributed by atoms with Crippen LogP contribution in [0.25, 0.3) is 0 Å². The first-order chi connectivity index (χ1) is 9.41. The van der Waals surface area contributed by atoms with E-state index in [2.05, 4.69) is 24.3 Å². The van der Waals surface area contributed by atoms with Crippen LogP contribution in [-0.2, 0) is 14.1 Å². The molecule has 6 nitrogen and oxygen atoms in total. The monoisotopic (exact) mass is 280 g/mol. The number of nitrogens with one attached hydrogen (secondary N) is 1. The van der Waals surface area contributed by atoms with Crippen LogP contribution in [0.5, 0.6) is 0 Å². The number of nitrogens with zero attached hydrogens (tertiary/aromatic N) is 3. The van der Waals surface area contributed by atoms with E-state index in [1.807, 2.05) is 0 Å². The van der Waals surface area contributed by atoms with Gasteiger partial charge in [0.25, 0.3) is 5.56 Å². The van der Waals surface area contributed by atoms with Gasteiger partial charge in [0, 0.05) is 20.1 Å². The summed E-state index contributed by atoms with van der Waals surface area (Å²) in [5.74, 6) is 1.41. The van der Waals surface area contributed by atoms with Crippen molar-refractivity contribution in [3.8, 4) is 0 Å². The Hall–Kier alpha value is -1.59. The quantitative estimate of drug-likeness (QED) is 0.900. The fourth-order valence-corrected chi connectivity index (χ4v) is 3.10. The van der Waals surface area contributed by atoms with E-state index in [1.165, 1.54) is 31.0 Å². The molecule has 1 aliphatic rings. The summed E-state index contributed by atoms with van der Waals surface area (Å²) in [5, 5.41) is 7.37. The smallest absolute Gasteiger partial charge is 0.346 e. The molecule has 1 aliphatic carbocycles. The molecular formula is C14H24N4O2. The molecule has 0 amide bonds. The molecule has 1 saturated carbocycles. The van der Waals surface area contributed by atoms with Gasteiger partial charge in [0.05, 0.1) is 0 Å². The molecule has 20 heavy (non-hydrogen) atoms. The zero-order valence-electron chi connectivity index (χ0n) is 12.7. The average Bonchev–Trinajstić information content (AvgIpc) is 2.43. The van der Waals surface area contributed by atoms with Crippen LogP contribution in [0.3, 0.4) is 0 Å². The summed E-state index contributed by atoms with van der Waals surface area (Å²) in [6, 6.07) is 0.265. The van der Waals surface area contributed by atoms with Gasteiger partial charge in [-0.25, -0.2) is 9.48 Å². The Balaban J connectivity index is 2.29. The van der Waals surface area contributed by atoms with Gasteiger partial charge in [-0.2, -0.15) is 0 Å². The Morgan fingerprint density at radius 1 is 1.20 bits per heavy atom. The standard InChI is InChI=1S/C14H24N4O2/c1-9(2)10-7-5-6-8-11(10)15-12-13(19)17(3)14(20)18(4)16-12/h9-11H,5-8H2,1-4H3,(H,15,16). The van der Waals surface area contributed by atoms with Gasteiger partial charge in [0.1, 0.15) is 0 Å². The zero-order chi connectivity index (χ0) is 14.9. The van der Waals surface area contributed by atoms with E-state index >= 15 is 0 Å². The summed E-state index contributed by atoms with van der Waals surface area (Å²) in [4.78, 5) is 23.8. The second-order valence-corrected chi connectivity index (χ2v) is 6.06. The highest BCUT2D eigenvalue weighted by molar-refractivity contribution is 5.31. The van der Waals surface area contributed by atoms with Crippen molar-refractivity contribution in [1.82, 2.24) is 14.3 Å². The highest BCUT2D eigenvalue weighted by Crippen LogP contribution is 2.31. The molecule has 0 aliphatic heterocycles. The van der Waals surface area contributed by atoms with Gasteiger partial charge in [-0.1, -0.05) is 26.7 Å². The number of rotatable bonds is 3. The second-order valence-electron chi connectivity index (χ2n) is 6.06. The molecule has 1 heterocycles. The first kappa shape index (κ1) is 14.8. The molecule has 2 rings (SSSR count). The van der Waals surface area contributed by atoms with Crippen molar-refractivity contribution in [2.24, 2.45) is 25.9 Å². The molecule has 2 unspecified atom stereocenters. The van der Waals surface area contributed by atoms with Crippen LogP contribution >= 0.6 is 0 Å². The maximum Gasteiger partial charge on any atom is 0.346 e. The summed E-state index contributed by atoms with van der Waals surface area (Å²) in [7, 11) is 3.05. The lowest BCUT2D eigenvalue weighted by atomic mass is 9.78. The van der Waals surface area contributed by atoms with Crippen molar-refractivity contribution in [1.29, 1.82) is 0 Å². The van der Waals surface area contributed by atoms with E-state index in [9.17, 15) is 9.59 Å². The van der Waals surface area contributed by atoms with E-state index in [4.69, 9.17) is 0 Å². The van der Waals surface area contributed by atoms with Gasteiger partial charge >= 0.3 is 5.69 Å². The summed E-state index contributed by atoms with van der Waals surface area (Å²) in [6.45, 7) is 4.44. The lowest BCUT2D eigenvalue weighted by Gasteiger charge is -2.35. The molecule has 1 aromatic rings. The first-order valence-corrected chi connectivity index (χ1v) is 7.32. The number of hydrogen-bond acceptors (Lipinski definition) is 4. The Labute approximate surface area is 118 Å². The molecule has 1 aromatic heterocycles. The molecular weight excluding hydrogens is 256 g/mol. The lowest BCUT2D eigenvalue weighted by molar-refractivity contribution is 0.253. The molecule has 1 fully saturated rings. The summed E-state index contributed by atoms with van der Waals surface area (Å²) < 4.78 is 2.31. The topological polar surface area (TPSA) is 68.9 Å². The van der Waals surface area contributed by atoms with Crippen LogP contribution in [0.4, 0.5) is 5.82 Å². The van der Waals surface area contributed by atoms with Gasteiger partial charge in [-0.15, -0.1) is 5.10 Å². The fraction of sp³-hybridized carbons (Fsp3) is 0.786. The normalized spacial score (nSPS) is 23.1. The van der Waals surface area contributed by atoms with E-state index in [0.29, 0.717) is 11.8 Å². The summed E-state index contributed by atoms with van der Waals surface area (Å²) >= 11 is 0. The molecule has 0 radical (unpaired) electrons. The van der Waals surface area contributed by atoms with Gasteiger partial charge in [0.2, 0.25) is 5.82 Å². The average molecular weight is 280 g/mol. The van der Waals surface area contributed by atoms with Gasteiger partial charge < -0.3 is 5.32 Å². The van der Waals surface area contributed by atoms with E-state index in [0.717, 1.165) is 11.0 Å². The van der Waals surface area contributed by atoms with Crippen molar-refractivity contribution < 1.29 is 0 Å². The molecule has 6 heteroatoms. The van der Waals surface area contributed by atoms with E-state index in [-0.39, 0.29) is 17.4 Å². The minimum atomic E-state index is -0.399. The van der Waals surface area contributed by atoms with Crippen molar-refractivity contribution in [3.05, 3.63) is 20.8 Å². The Morgan fingerprint density at radius 2 is 1.85 bits per heavy atom. The highest BCUT2D eigenvalue weighted by atomic mass is 16.2. The minimum Gasteiger partial charge on any atom is -0.361 e. The largest absolute Gasteiger partial charge is 0.361 e. The maximum absolute atomic E-state index is 12.1. The van der Waals surface area contributed by atoms with E-state index < -0.39 is 5.69 Å². The molecule has 112 valence electrons. The van der Waals surface area contributed by atoms with Crippen LogP contribution in [0.15, 0.2) is 9.59 Å². The Bertz CT molecular complexity index is 588. The molecule has 2 atom stereocenters. The van der Waals surface area contributed by atoms with Crippen molar-refractivity contribution >= 4 is 5.82 Å². The molecule has 0 spiro atoms. The van der Waals surface area contributed by atoms with Crippen molar-refractivity contribution in [3.63, 3.8) is 0 Å². The molecule has 1 N–H and O–H groups in total. The van der Waals surface area contributed by atoms with Crippen LogP contribution in [0.2, 0.25) is 0 Å². The number of anilines is 1. The van der Waals surface area contributed by atoms with Crippen molar-refractivity contribution in [2.45, 2.75) is 45.6 Å². The third-order valence-corrected chi connectivity index (χ3v) is 4.32. The Kier molecular flexibility index (Phi) is 4.30. The highest BCUT2D eigenvalue weighted by Gasteiger charge is 2.28. The maximum atomic E-state index is 12.1. The van der Waals surface area contributed by atoms with Gasteiger partial charge in [-0.05, 0) is 24.7 Å². The Morgan fingerprint density at radius 3 is 2.50 bits per heavy atom. The van der Waals surface area contributed by atoms with Crippen molar-refractivity contribution in [2.75, 3.05) is 5.32 Å². The van der Waals surface area contributed by atoms with Gasteiger partial charge in [0.15, 0.2) is 0 Å². The van der Waals surface area contributed by atoms with Crippen LogP contribution in [0.1, 0.15) is 39.5 Å². The summed E-state index contributed by atoms with van der Waals surface area (Å²) in [5.41, 5.74) is -0.745. The predicted molar refractivity (Wildman–Crippen MR) is 78.9 cm³/mol. The number of hydrogen-bond donors (Lipinski definition) is 1. The third-order valence-electron chi connectivity index (χ3n) is 4.32. The minimum absolute atomic E-state index is 0.265. The summed E-state index contributed by atoms with van der Waals surface area (Å²) in [6.07, 6.45) is 4.66. The molecule has 0 saturated heterocycles. The predicted octanol–water partition coefficient (Wildman–Crippen LogP) is 1.11. The fourth-order valence-electron chi connectivity index (χ4n) is 3.10. The van der Waals surface area contributed by atoms with Gasteiger partial charge in [-0.3, -0.25) is 9.36 Å². The SMILES string of the molecule is CC(C)C1CCCCC1Nc1nn(C)c(=O)n(C)c1=O. The third kappa shape index (κ3) is 2.78. The van der Waals surface area contributed by atoms with Crippen LogP contribution in [-0.4, -0.2) is 20.4 Å². The van der Waals surface area contributed by atoms with Crippen LogP contribution < -0.4 is 16.6 Å². The zero-order valence-corrected chi connectivity index (χ0v) is 12.7. The number of aromatic nitrogens is 3.